The molecule has 0 heterocycles. The van der Waals surface area contributed by atoms with Crippen molar-refractivity contribution in [3.05, 3.63) is 35.9 Å². The average Bonchev–Trinajstić information content (AvgIpc) is 2.36. The van der Waals surface area contributed by atoms with Gasteiger partial charge in [-0.15, -0.1) is 0 Å². The number of hydrogen-bond donors (Lipinski definition) is 1. The number of ether oxygens (including phenoxy) is 2. The highest BCUT2D eigenvalue weighted by Crippen LogP contribution is 2.06. The molecule has 0 aliphatic heterocycles. The molecule has 0 bridgehead atoms. The van der Waals surface area contributed by atoms with Gasteiger partial charge in [0.2, 0.25) is 0 Å². The molecule has 1 aromatic rings. The van der Waals surface area contributed by atoms with E-state index in [-0.39, 0.29) is 12.5 Å². The molecule has 0 fully saturated rings. The van der Waals surface area contributed by atoms with Gasteiger partial charge in [-0.05, 0) is 17.9 Å². The van der Waals surface area contributed by atoms with Crippen molar-refractivity contribution in [2.45, 2.75) is 32.9 Å². The summed E-state index contributed by atoms with van der Waals surface area (Å²) in [6.45, 7) is 3.92. The van der Waals surface area contributed by atoms with E-state index in [1.165, 1.54) is 0 Å². The Morgan fingerprint density at radius 1 is 1.21 bits per heavy atom. The summed E-state index contributed by atoms with van der Waals surface area (Å²) in [6.07, 6.45) is -0.557. The molecule has 1 aromatic carbocycles. The van der Waals surface area contributed by atoms with Crippen LogP contribution >= 0.6 is 0 Å². The minimum absolute atomic E-state index is 0.0619. The molecular weight excluding hydrogens is 246 g/mol. The smallest absolute Gasteiger partial charge is 0.429 e. The number of hydrogen-bond acceptors (Lipinski definition) is 5. The van der Waals surface area contributed by atoms with E-state index in [0.717, 1.165) is 5.56 Å². The lowest BCUT2D eigenvalue weighted by Gasteiger charge is -2.12. The van der Waals surface area contributed by atoms with Gasteiger partial charge in [0, 0.05) is 0 Å². The second-order valence-corrected chi connectivity index (χ2v) is 4.68. The monoisotopic (exact) mass is 265 g/mol. The van der Waals surface area contributed by atoms with Gasteiger partial charge in [-0.2, -0.15) is 0 Å². The number of carbonyl (C=O) groups excluding carboxylic acids is 2. The maximum atomic E-state index is 11.5. The fourth-order valence-corrected chi connectivity index (χ4v) is 1.51. The van der Waals surface area contributed by atoms with Gasteiger partial charge in [-0.25, -0.2) is 9.59 Å². The molecule has 0 saturated heterocycles. The van der Waals surface area contributed by atoms with E-state index in [1.807, 2.05) is 32.0 Å². The van der Waals surface area contributed by atoms with Crippen molar-refractivity contribution in [1.82, 2.24) is 0 Å². The number of rotatable bonds is 5. The van der Waals surface area contributed by atoms with Gasteiger partial charge in [0.1, 0.15) is 12.6 Å². The molecule has 0 unspecified atom stereocenters. The molecule has 0 spiro atoms. The summed E-state index contributed by atoms with van der Waals surface area (Å²) in [4.78, 5) is 22.7. The van der Waals surface area contributed by atoms with Crippen LogP contribution < -0.4 is 5.73 Å². The molecular formula is C14H19NO4. The maximum Gasteiger partial charge on any atom is 0.516 e. The summed E-state index contributed by atoms with van der Waals surface area (Å²) in [5.41, 5.74) is 6.41. The van der Waals surface area contributed by atoms with E-state index in [4.69, 9.17) is 10.5 Å². The van der Waals surface area contributed by atoms with Crippen molar-refractivity contribution in [2.24, 2.45) is 11.7 Å². The van der Waals surface area contributed by atoms with Crippen LogP contribution in [0.4, 0.5) is 4.79 Å². The van der Waals surface area contributed by atoms with Crippen LogP contribution in [0.25, 0.3) is 0 Å². The zero-order valence-electron chi connectivity index (χ0n) is 11.2. The molecule has 0 radical (unpaired) electrons. The quantitative estimate of drug-likeness (QED) is 0.652. The Bertz CT molecular complexity index is 417. The van der Waals surface area contributed by atoms with Gasteiger partial charge >= 0.3 is 12.1 Å². The van der Waals surface area contributed by atoms with Crippen molar-refractivity contribution in [2.75, 3.05) is 0 Å². The molecule has 0 amide bonds. The SMILES string of the molecule is CC(C)C[C@H](N)C(=O)OC(=O)OCc1ccccc1. The topological polar surface area (TPSA) is 78.6 Å². The van der Waals surface area contributed by atoms with E-state index in [0.29, 0.717) is 6.42 Å². The van der Waals surface area contributed by atoms with Crippen molar-refractivity contribution < 1.29 is 19.1 Å². The van der Waals surface area contributed by atoms with E-state index in [2.05, 4.69) is 4.74 Å². The normalized spacial score (nSPS) is 12.0. The predicted octanol–water partition coefficient (Wildman–Crippen LogP) is 2.24. The fraction of sp³-hybridized carbons (Fsp3) is 0.429. The number of benzene rings is 1. The number of nitrogens with two attached hydrogens (primary N) is 1. The summed E-state index contributed by atoms with van der Waals surface area (Å²) < 4.78 is 9.33. The van der Waals surface area contributed by atoms with Crippen LogP contribution in [-0.2, 0) is 20.9 Å². The summed E-state index contributed by atoms with van der Waals surface area (Å²) in [5, 5.41) is 0. The lowest BCUT2D eigenvalue weighted by atomic mass is 10.1. The van der Waals surface area contributed by atoms with E-state index >= 15 is 0 Å². The lowest BCUT2D eigenvalue weighted by molar-refractivity contribution is -0.141. The first-order chi connectivity index (χ1) is 8.99. The molecule has 0 saturated carbocycles. The van der Waals surface area contributed by atoms with Gasteiger partial charge < -0.3 is 15.2 Å². The van der Waals surface area contributed by atoms with Gasteiger partial charge in [-0.3, -0.25) is 0 Å². The van der Waals surface area contributed by atoms with Gasteiger partial charge in [0.15, 0.2) is 0 Å². The van der Waals surface area contributed by atoms with Crippen molar-refractivity contribution in [3.63, 3.8) is 0 Å². The zero-order valence-corrected chi connectivity index (χ0v) is 11.2. The zero-order chi connectivity index (χ0) is 14.3. The highest BCUT2D eigenvalue weighted by Gasteiger charge is 2.20. The number of carbonyl (C=O) groups is 2. The minimum Gasteiger partial charge on any atom is -0.429 e. The summed E-state index contributed by atoms with van der Waals surface area (Å²) in [6, 6.07) is 8.32. The summed E-state index contributed by atoms with van der Waals surface area (Å²) >= 11 is 0. The Morgan fingerprint density at radius 3 is 2.42 bits per heavy atom. The lowest BCUT2D eigenvalue weighted by Crippen LogP contribution is -2.35. The molecule has 0 aromatic heterocycles. The minimum atomic E-state index is -1.02. The summed E-state index contributed by atoms with van der Waals surface area (Å²) in [5.74, 6) is -0.505. The molecule has 1 atom stereocenters. The molecule has 0 aliphatic rings. The van der Waals surface area contributed by atoms with Crippen molar-refractivity contribution in [1.29, 1.82) is 0 Å². The van der Waals surface area contributed by atoms with Crippen LogP contribution in [0.15, 0.2) is 30.3 Å². The van der Waals surface area contributed by atoms with E-state index < -0.39 is 18.2 Å². The molecule has 5 nitrogen and oxygen atoms in total. The van der Waals surface area contributed by atoms with Crippen molar-refractivity contribution >= 4 is 12.1 Å². The first-order valence-corrected chi connectivity index (χ1v) is 6.17. The second-order valence-electron chi connectivity index (χ2n) is 4.68. The third-order valence-electron chi connectivity index (χ3n) is 2.41. The molecule has 1 rings (SSSR count). The first kappa shape index (κ1) is 15.2. The predicted molar refractivity (Wildman–Crippen MR) is 70.1 cm³/mol. The third-order valence-corrected chi connectivity index (χ3v) is 2.41. The highest BCUT2D eigenvalue weighted by molar-refractivity contribution is 5.85. The standard InChI is InChI=1S/C14H19NO4/c1-10(2)8-12(15)13(16)19-14(17)18-9-11-6-4-3-5-7-11/h3-7,10,12H,8-9,15H2,1-2H3/t12-/m0/s1. The van der Waals surface area contributed by atoms with Crippen LogP contribution in [0.5, 0.6) is 0 Å². The van der Waals surface area contributed by atoms with E-state index in [1.54, 1.807) is 12.1 Å². The Labute approximate surface area is 112 Å². The van der Waals surface area contributed by atoms with Crippen LogP contribution in [0.1, 0.15) is 25.8 Å². The average molecular weight is 265 g/mol. The second kappa shape index (κ2) is 7.53. The maximum absolute atomic E-state index is 11.5. The first-order valence-electron chi connectivity index (χ1n) is 6.17. The highest BCUT2D eigenvalue weighted by atomic mass is 16.7. The van der Waals surface area contributed by atoms with Gasteiger partial charge in [0.25, 0.3) is 0 Å². The van der Waals surface area contributed by atoms with E-state index in [9.17, 15) is 9.59 Å². The molecule has 2 N–H and O–H groups in total. The molecule has 0 aliphatic carbocycles. The van der Waals surface area contributed by atoms with Crippen LogP contribution in [-0.4, -0.2) is 18.2 Å². The van der Waals surface area contributed by atoms with Gasteiger partial charge in [0.05, 0.1) is 0 Å². The largest absolute Gasteiger partial charge is 0.516 e. The Morgan fingerprint density at radius 2 is 1.84 bits per heavy atom. The van der Waals surface area contributed by atoms with Gasteiger partial charge in [-0.1, -0.05) is 44.2 Å². The number of esters is 1. The Balaban J connectivity index is 2.33. The van der Waals surface area contributed by atoms with Crippen LogP contribution in [0, 0.1) is 5.92 Å². The van der Waals surface area contributed by atoms with Crippen molar-refractivity contribution in [3.8, 4) is 0 Å². The Hall–Kier alpha value is -1.88. The van der Waals surface area contributed by atoms with Crippen LogP contribution in [0.3, 0.4) is 0 Å². The summed E-state index contributed by atoms with van der Waals surface area (Å²) in [7, 11) is 0. The fourth-order valence-electron chi connectivity index (χ4n) is 1.51. The molecule has 19 heavy (non-hydrogen) atoms. The molecule has 104 valence electrons. The molecule has 5 heteroatoms. The van der Waals surface area contributed by atoms with Crippen LogP contribution in [0.2, 0.25) is 0 Å². The third kappa shape index (κ3) is 6.01. The Kier molecular flexibility index (Phi) is 6.02.